The lowest BCUT2D eigenvalue weighted by atomic mass is 10.2. The number of hydrogen-bond donors (Lipinski definition) is 1. The first kappa shape index (κ1) is 15.1. The predicted octanol–water partition coefficient (Wildman–Crippen LogP) is 2.74. The molecule has 0 radical (unpaired) electrons. The van der Waals surface area contributed by atoms with E-state index in [1.807, 2.05) is 25.1 Å². The maximum atomic E-state index is 12.2. The number of amides is 1. The van der Waals surface area contributed by atoms with E-state index in [2.05, 4.69) is 10.4 Å². The molecule has 0 aliphatic carbocycles. The van der Waals surface area contributed by atoms with Gasteiger partial charge in [0.15, 0.2) is 5.69 Å². The minimum atomic E-state index is -0.181. The molecule has 22 heavy (non-hydrogen) atoms. The lowest BCUT2D eigenvalue weighted by Gasteiger charge is -2.09. The zero-order valence-electron chi connectivity index (χ0n) is 12.4. The van der Waals surface area contributed by atoms with Crippen molar-refractivity contribution in [2.24, 2.45) is 0 Å². The second-order valence-corrected chi connectivity index (χ2v) is 5.84. The van der Waals surface area contributed by atoms with Gasteiger partial charge < -0.3 is 10.1 Å². The molecule has 0 saturated carbocycles. The molecule has 2 heterocycles. The van der Waals surface area contributed by atoms with Gasteiger partial charge in [-0.1, -0.05) is 17.7 Å². The monoisotopic (exact) mass is 319 g/mol. The number of ether oxygens (including phenoxy) is 1. The van der Waals surface area contributed by atoms with Crippen LogP contribution in [0.15, 0.2) is 30.3 Å². The van der Waals surface area contributed by atoms with Crippen molar-refractivity contribution in [3.05, 3.63) is 46.7 Å². The Labute approximate surface area is 134 Å². The third-order valence-electron chi connectivity index (χ3n) is 3.69. The highest BCUT2D eigenvalue weighted by molar-refractivity contribution is 6.30. The fourth-order valence-corrected chi connectivity index (χ4v) is 2.74. The lowest BCUT2D eigenvalue weighted by molar-refractivity contribution is 0.0853. The maximum absolute atomic E-state index is 12.2. The largest absolute Gasteiger partial charge is 0.376 e. The minimum Gasteiger partial charge on any atom is -0.376 e. The van der Waals surface area contributed by atoms with Crippen molar-refractivity contribution in [3.63, 3.8) is 0 Å². The lowest BCUT2D eigenvalue weighted by Crippen LogP contribution is -2.32. The highest BCUT2D eigenvalue weighted by Gasteiger charge is 2.18. The van der Waals surface area contributed by atoms with Gasteiger partial charge in [-0.05, 0) is 44.0 Å². The van der Waals surface area contributed by atoms with E-state index in [0.717, 1.165) is 30.8 Å². The summed E-state index contributed by atoms with van der Waals surface area (Å²) in [4.78, 5) is 12.2. The Kier molecular flexibility index (Phi) is 4.45. The number of rotatable bonds is 4. The average molecular weight is 320 g/mol. The van der Waals surface area contributed by atoms with Crippen molar-refractivity contribution in [3.8, 4) is 5.69 Å². The van der Waals surface area contributed by atoms with Gasteiger partial charge in [0.05, 0.1) is 11.8 Å². The number of hydrogen-bond acceptors (Lipinski definition) is 3. The third-order valence-corrected chi connectivity index (χ3v) is 3.92. The zero-order chi connectivity index (χ0) is 15.5. The summed E-state index contributed by atoms with van der Waals surface area (Å²) in [6.07, 6.45) is 2.18. The summed E-state index contributed by atoms with van der Waals surface area (Å²) in [7, 11) is 0. The van der Waals surface area contributed by atoms with Gasteiger partial charge in [0.2, 0.25) is 0 Å². The van der Waals surface area contributed by atoms with Gasteiger partial charge in [0, 0.05) is 23.9 Å². The van der Waals surface area contributed by atoms with E-state index in [1.54, 1.807) is 16.8 Å². The van der Waals surface area contributed by atoms with Crippen molar-refractivity contribution >= 4 is 17.5 Å². The van der Waals surface area contributed by atoms with Gasteiger partial charge in [-0.25, -0.2) is 4.68 Å². The van der Waals surface area contributed by atoms with Crippen LogP contribution in [-0.2, 0) is 4.74 Å². The second-order valence-electron chi connectivity index (χ2n) is 5.41. The van der Waals surface area contributed by atoms with Crippen molar-refractivity contribution in [1.29, 1.82) is 0 Å². The van der Waals surface area contributed by atoms with Gasteiger partial charge >= 0.3 is 0 Å². The summed E-state index contributed by atoms with van der Waals surface area (Å²) < 4.78 is 7.21. The number of nitrogens with zero attached hydrogens (tertiary/aromatic N) is 2. The van der Waals surface area contributed by atoms with Crippen LogP contribution in [0.5, 0.6) is 0 Å². The molecule has 0 spiro atoms. The first-order chi connectivity index (χ1) is 10.6. The number of aromatic nitrogens is 2. The second kappa shape index (κ2) is 6.50. The molecule has 1 saturated heterocycles. The van der Waals surface area contributed by atoms with E-state index in [9.17, 15) is 4.79 Å². The van der Waals surface area contributed by atoms with Crippen LogP contribution in [0.1, 0.15) is 29.0 Å². The van der Waals surface area contributed by atoms with Crippen LogP contribution in [0.3, 0.4) is 0 Å². The standard InChI is InChI=1S/C16H18ClN3O2/c1-11-8-15(16(21)18-10-14-6-3-7-22-14)19-20(11)13-5-2-4-12(17)9-13/h2,4-5,8-9,14H,3,6-7,10H2,1H3,(H,18,21). The Morgan fingerprint density at radius 2 is 2.36 bits per heavy atom. The SMILES string of the molecule is Cc1cc(C(=O)NCC2CCCO2)nn1-c1cccc(Cl)c1. The molecule has 2 aromatic rings. The molecule has 1 aliphatic rings. The Morgan fingerprint density at radius 3 is 3.09 bits per heavy atom. The Hall–Kier alpha value is -1.85. The maximum Gasteiger partial charge on any atom is 0.271 e. The summed E-state index contributed by atoms with van der Waals surface area (Å²) in [5.41, 5.74) is 2.11. The fraction of sp³-hybridized carbons (Fsp3) is 0.375. The molecule has 1 fully saturated rings. The fourth-order valence-electron chi connectivity index (χ4n) is 2.56. The van der Waals surface area contributed by atoms with E-state index >= 15 is 0 Å². The van der Waals surface area contributed by atoms with Gasteiger partial charge in [-0.15, -0.1) is 0 Å². The van der Waals surface area contributed by atoms with Gasteiger partial charge in [0.25, 0.3) is 5.91 Å². The van der Waals surface area contributed by atoms with E-state index in [0.29, 0.717) is 17.3 Å². The summed E-state index contributed by atoms with van der Waals surface area (Å²) in [6.45, 7) is 3.22. The van der Waals surface area contributed by atoms with Crippen LogP contribution in [0.25, 0.3) is 5.69 Å². The molecule has 1 atom stereocenters. The van der Waals surface area contributed by atoms with Gasteiger partial charge in [-0.3, -0.25) is 4.79 Å². The van der Waals surface area contributed by atoms with E-state index < -0.39 is 0 Å². The Morgan fingerprint density at radius 1 is 1.50 bits per heavy atom. The smallest absolute Gasteiger partial charge is 0.271 e. The van der Waals surface area contributed by atoms with E-state index in [1.165, 1.54) is 0 Å². The number of aryl methyl sites for hydroxylation is 1. The first-order valence-corrected chi connectivity index (χ1v) is 7.74. The molecule has 1 aliphatic heterocycles. The molecule has 116 valence electrons. The molecule has 1 aromatic heterocycles. The number of benzene rings is 1. The van der Waals surface area contributed by atoms with Crippen molar-refractivity contribution < 1.29 is 9.53 Å². The molecular formula is C16H18ClN3O2. The molecule has 3 rings (SSSR count). The van der Waals surface area contributed by atoms with Crippen molar-refractivity contribution in [2.45, 2.75) is 25.9 Å². The molecule has 6 heteroatoms. The van der Waals surface area contributed by atoms with Crippen LogP contribution >= 0.6 is 11.6 Å². The predicted molar refractivity (Wildman–Crippen MR) is 84.6 cm³/mol. The van der Waals surface area contributed by atoms with Crippen LogP contribution in [0, 0.1) is 6.92 Å². The average Bonchev–Trinajstić information content (AvgIpc) is 3.14. The van der Waals surface area contributed by atoms with E-state index in [4.69, 9.17) is 16.3 Å². The first-order valence-electron chi connectivity index (χ1n) is 7.36. The molecule has 0 bridgehead atoms. The quantitative estimate of drug-likeness (QED) is 0.942. The zero-order valence-corrected chi connectivity index (χ0v) is 13.1. The van der Waals surface area contributed by atoms with Gasteiger partial charge in [0.1, 0.15) is 0 Å². The topological polar surface area (TPSA) is 56.1 Å². The molecule has 5 nitrogen and oxygen atoms in total. The van der Waals surface area contributed by atoms with Crippen molar-refractivity contribution in [1.82, 2.24) is 15.1 Å². The molecule has 1 unspecified atom stereocenters. The van der Waals surface area contributed by atoms with Crippen LogP contribution in [0.2, 0.25) is 5.02 Å². The highest BCUT2D eigenvalue weighted by atomic mass is 35.5. The Balaban J connectivity index is 1.72. The van der Waals surface area contributed by atoms with E-state index in [-0.39, 0.29) is 12.0 Å². The summed E-state index contributed by atoms with van der Waals surface area (Å²) in [5.74, 6) is -0.181. The molecule has 1 amide bonds. The molecule has 1 aromatic carbocycles. The minimum absolute atomic E-state index is 0.125. The Bertz CT molecular complexity index is 678. The molecule has 1 N–H and O–H groups in total. The normalized spacial score (nSPS) is 17.6. The van der Waals surface area contributed by atoms with Crippen LogP contribution < -0.4 is 5.32 Å². The summed E-state index contributed by atoms with van der Waals surface area (Å²) in [6, 6.07) is 9.15. The highest BCUT2D eigenvalue weighted by Crippen LogP contribution is 2.17. The summed E-state index contributed by atoms with van der Waals surface area (Å²) >= 11 is 6.00. The third kappa shape index (κ3) is 3.31. The van der Waals surface area contributed by atoms with Crippen LogP contribution in [0.4, 0.5) is 0 Å². The number of halogens is 1. The number of carbonyl (C=O) groups is 1. The molecular weight excluding hydrogens is 302 g/mol. The summed E-state index contributed by atoms with van der Waals surface area (Å²) in [5, 5.41) is 7.89. The van der Waals surface area contributed by atoms with Gasteiger partial charge in [-0.2, -0.15) is 5.10 Å². The van der Waals surface area contributed by atoms with Crippen LogP contribution in [-0.4, -0.2) is 34.9 Å². The number of carbonyl (C=O) groups excluding carboxylic acids is 1. The number of nitrogens with one attached hydrogen (secondary N) is 1. The van der Waals surface area contributed by atoms with Crippen molar-refractivity contribution in [2.75, 3.05) is 13.2 Å².